The van der Waals surface area contributed by atoms with Crippen molar-refractivity contribution in [2.75, 3.05) is 7.11 Å². The minimum atomic E-state index is -4.35. The fourth-order valence-corrected chi connectivity index (χ4v) is 4.82. The summed E-state index contributed by atoms with van der Waals surface area (Å²) in [5.41, 5.74) is -0.216. The third-order valence-electron chi connectivity index (χ3n) is 5.04. The lowest BCUT2D eigenvalue weighted by atomic mass is 9.98. The molecular formula is C24H32ClF3O2S. The van der Waals surface area contributed by atoms with Gasteiger partial charge in [-0.1, -0.05) is 44.6 Å². The fourth-order valence-electron chi connectivity index (χ4n) is 3.41. The van der Waals surface area contributed by atoms with E-state index in [1.165, 1.54) is 23.3 Å². The van der Waals surface area contributed by atoms with Gasteiger partial charge in [0.2, 0.25) is 0 Å². The Morgan fingerprint density at radius 3 is 2.58 bits per heavy atom. The first-order valence-corrected chi connectivity index (χ1v) is 11.8. The van der Waals surface area contributed by atoms with Gasteiger partial charge >= 0.3 is 12.1 Å². The molecule has 2 nitrogen and oxygen atoms in total. The maximum atomic E-state index is 12.5. The average molecular weight is 477 g/mol. The molecule has 1 aromatic heterocycles. The highest BCUT2D eigenvalue weighted by molar-refractivity contribution is 7.13. The number of aryl methyl sites for hydroxylation is 1. The van der Waals surface area contributed by atoms with E-state index >= 15 is 0 Å². The van der Waals surface area contributed by atoms with Gasteiger partial charge in [-0.2, -0.15) is 13.2 Å². The largest absolute Gasteiger partial charge is 0.465 e. The lowest BCUT2D eigenvalue weighted by Gasteiger charge is -2.10. The predicted octanol–water partition coefficient (Wildman–Crippen LogP) is 8.28. The molecule has 31 heavy (non-hydrogen) atoms. The Balaban J connectivity index is 0.000000343. The summed E-state index contributed by atoms with van der Waals surface area (Å²) in [5.74, 6) is 0.392. The number of methoxy groups -OCH3 is 1. The van der Waals surface area contributed by atoms with Crippen molar-refractivity contribution in [3.8, 4) is 0 Å². The second kappa shape index (κ2) is 13.8. The number of allylic oxidation sites excluding steroid dienone is 4. The van der Waals surface area contributed by atoms with Crippen molar-refractivity contribution in [2.24, 2.45) is 5.92 Å². The number of esters is 1. The van der Waals surface area contributed by atoms with E-state index in [4.69, 9.17) is 11.6 Å². The first-order valence-electron chi connectivity index (χ1n) is 10.5. The van der Waals surface area contributed by atoms with E-state index in [1.54, 1.807) is 0 Å². The number of alkyl halides is 4. The SMILES string of the molecule is C=C/C(=C\C(=C)CCCC1CCC(Cl)C1)C(F)(F)F.CCCc1ccc(C(=O)OC)s1. The Hall–Kier alpha value is -1.53. The maximum absolute atomic E-state index is 12.5. The minimum absolute atomic E-state index is 0.234. The number of ether oxygens (including phenoxy) is 1. The summed E-state index contributed by atoms with van der Waals surface area (Å²) >= 11 is 7.54. The minimum Gasteiger partial charge on any atom is -0.465 e. The molecular weight excluding hydrogens is 445 g/mol. The molecule has 0 amide bonds. The van der Waals surface area contributed by atoms with Gasteiger partial charge in [0.25, 0.3) is 0 Å². The predicted molar refractivity (Wildman–Crippen MR) is 124 cm³/mol. The number of carbonyl (C=O) groups is 1. The Morgan fingerprint density at radius 1 is 1.35 bits per heavy atom. The molecule has 1 aliphatic rings. The van der Waals surface area contributed by atoms with Crippen LogP contribution in [0.3, 0.4) is 0 Å². The summed E-state index contributed by atoms with van der Waals surface area (Å²) in [7, 11) is 1.40. The van der Waals surface area contributed by atoms with Gasteiger partial charge < -0.3 is 4.74 Å². The highest BCUT2D eigenvalue weighted by atomic mass is 35.5. The molecule has 0 aromatic carbocycles. The van der Waals surface area contributed by atoms with Crippen molar-refractivity contribution in [3.63, 3.8) is 0 Å². The van der Waals surface area contributed by atoms with E-state index in [2.05, 4.69) is 24.8 Å². The van der Waals surface area contributed by atoms with Crippen LogP contribution in [0.1, 0.15) is 66.4 Å². The highest BCUT2D eigenvalue weighted by Gasteiger charge is 2.31. The summed E-state index contributed by atoms with van der Waals surface area (Å²) < 4.78 is 42.1. The van der Waals surface area contributed by atoms with Gasteiger partial charge in [0.05, 0.1) is 12.7 Å². The summed E-state index contributed by atoms with van der Waals surface area (Å²) in [6, 6.07) is 3.81. The van der Waals surface area contributed by atoms with E-state index in [0.29, 0.717) is 22.8 Å². The van der Waals surface area contributed by atoms with E-state index < -0.39 is 11.7 Å². The molecule has 0 bridgehead atoms. The third kappa shape index (κ3) is 10.6. The number of rotatable bonds is 9. The zero-order valence-electron chi connectivity index (χ0n) is 18.3. The van der Waals surface area contributed by atoms with Crippen LogP contribution in [0.15, 0.2) is 48.6 Å². The quantitative estimate of drug-likeness (QED) is 0.203. The molecule has 174 valence electrons. The third-order valence-corrected chi connectivity index (χ3v) is 6.56. The van der Waals surface area contributed by atoms with E-state index in [-0.39, 0.29) is 11.3 Å². The topological polar surface area (TPSA) is 26.3 Å². The second-order valence-corrected chi connectivity index (χ2v) is 9.42. The maximum Gasteiger partial charge on any atom is 0.416 e. The van der Waals surface area contributed by atoms with E-state index in [0.717, 1.165) is 57.1 Å². The lowest BCUT2D eigenvalue weighted by Crippen LogP contribution is -2.09. The zero-order valence-corrected chi connectivity index (χ0v) is 19.8. The standard InChI is InChI=1S/C15H20ClF3.C9H12O2S/c1-3-13(15(17,18)19)9-11(2)5-4-6-12-7-8-14(16)10-12;1-3-4-7-5-6-8(12-7)9(10)11-2/h3,9,12,14H,1-2,4-8,10H2;5-6H,3-4H2,1-2H3/b13-9+;. The molecule has 1 saturated carbocycles. The van der Waals surface area contributed by atoms with Crippen LogP contribution in [0.2, 0.25) is 0 Å². The van der Waals surface area contributed by atoms with Crippen molar-refractivity contribution in [1.29, 1.82) is 0 Å². The van der Waals surface area contributed by atoms with Crippen LogP contribution in [0.4, 0.5) is 13.2 Å². The molecule has 2 unspecified atom stereocenters. The molecule has 0 radical (unpaired) electrons. The molecule has 2 rings (SSSR count). The van der Waals surface area contributed by atoms with E-state index in [1.807, 2.05) is 12.1 Å². The Bertz CT molecular complexity index is 752. The zero-order chi connectivity index (χ0) is 23.4. The number of thiophene rings is 1. The van der Waals surface area contributed by atoms with Gasteiger partial charge in [0.1, 0.15) is 4.88 Å². The molecule has 2 atom stereocenters. The van der Waals surface area contributed by atoms with Crippen LogP contribution in [-0.2, 0) is 11.2 Å². The number of hydrogen-bond acceptors (Lipinski definition) is 3. The Kier molecular flexibility index (Phi) is 12.2. The van der Waals surface area contributed by atoms with Gasteiger partial charge in [-0.15, -0.1) is 22.9 Å². The second-order valence-electron chi connectivity index (χ2n) is 7.64. The van der Waals surface area contributed by atoms with Crippen molar-refractivity contribution in [3.05, 3.63) is 58.3 Å². The molecule has 0 aliphatic heterocycles. The van der Waals surface area contributed by atoms with Crippen molar-refractivity contribution in [2.45, 2.75) is 69.8 Å². The fraction of sp³-hybridized carbons (Fsp3) is 0.542. The van der Waals surface area contributed by atoms with Crippen molar-refractivity contribution >= 4 is 28.9 Å². The molecule has 1 aromatic rings. The lowest BCUT2D eigenvalue weighted by molar-refractivity contribution is -0.0882. The van der Waals surface area contributed by atoms with Gasteiger partial charge in [-0.3, -0.25) is 0 Å². The summed E-state index contributed by atoms with van der Waals surface area (Å²) in [6.07, 6.45) is 5.44. The Labute approximate surface area is 192 Å². The summed E-state index contributed by atoms with van der Waals surface area (Å²) in [6.45, 7) is 9.00. The van der Waals surface area contributed by atoms with Crippen LogP contribution in [0.5, 0.6) is 0 Å². The first-order chi connectivity index (χ1) is 14.6. The summed E-state index contributed by atoms with van der Waals surface area (Å²) in [5, 5.41) is 0.283. The molecule has 1 fully saturated rings. The number of halogens is 4. The normalized spacial score (nSPS) is 18.8. The first kappa shape index (κ1) is 27.5. The molecule has 1 aliphatic carbocycles. The Morgan fingerprint density at radius 2 is 2.06 bits per heavy atom. The smallest absolute Gasteiger partial charge is 0.416 e. The van der Waals surface area contributed by atoms with Gasteiger partial charge in [-0.05, 0) is 62.7 Å². The molecule has 1 heterocycles. The summed E-state index contributed by atoms with van der Waals surface area (Å²) in [4.78, 5) is 13.0. The number of hydrogen-bond donors (Lipinski definition) is 0. The van der Waals surface area contributed by atoms with Crippen LogP contribution in [0, 0.1) is 5.92 Å². The van der Waals surface area contributed by atoms with Crippen molar-refractivity contribution < 1.29 is 22.7 Å². The van der Waals surface area contributed by atoms with Gasteiger partial charge in [-0.25, -0.2) is 4.79 Å². The van der Waals surface area contributed by atoms with Gasteiger partial charge in [0, 0.05) is 10.3 Å². The van der Waals surface area contributed by atoms with Gasteiger partial charge in [0.15, 0.2) is 0 Å². The van der Waals surface area contributed by atoms with Crippen molar-refractivity contribution in [1.82, 2.24) is 0 Å². The molecule has 0 saturated heterocycles. The van der Waals surface area contributed by atoms with Crippen LogP contribution >= 0.6 is 22.9 Å². The molecule has 0 spiro atoms. The van der Waals surface area contributed by atoms with Crippen LogP contribution in [0.25, 0.3) is 0 Å². The highest BCUT2D eigenvalue weighted by Crippen LogP contribution is 2.33. The monoisotopic (exact) mass is 476 g/mol. The van der Waals surface area contributed by atoms with E-state index in [9.17, 15) is 18.0 Å². The average Bonchev–Trinajstić information content (AvgIpc) is 3.34. The molecule has 7 heteroatoms. The van der Waals surface area contributed by atoms with Crippen LogP contribution < -0.4 is 0 Å². The number of carbonyl (C=O) groups excluding carboxylic acids is 1. The molecule has 0 N–H and O–H groups in total. The van der Waals surface area contributed by atoms with Crippen LogP contribution in [-0.4, -0.2) is 24.6 Å².